The second kappa shape index (κ2) is 6.11. The summed E-state index contributed by atoms with van der Waals surface area (Å²) in [6, 6.07) is 9.64. The van der Waals surface area contributed by atoms with Crippen molar-refractivity contribution in [2.24, 2.45) is 23.7 Å². The smallest absolute Gasteiger partial charge is 0.269 e. The molecule has 5 heteroatoms. The lowest BCUT2D eigenvalue weighted by Crippen LogP contribution is -2.59. The van der Waals surface area contributed by atoms with Crippen LogP contribution in [0.15, 0.2) is 30.3 Å². The Bertz CT molecular complexity index is 576. The summed E-state index contributed by atoms with van der Waals surface area (Å²) < 4.78 is 0. The minimum atomic E-state index is -0.167. The maximum Gasteiger partial charge on any atom is 0.269 e. The molecule has 0 heterocycles. The van der Waals surface area contributed by atoms with Gasteiger partial charge in [-0.3, -0.25) is 15.6 Å². The summed E-state index contributed by atoms with van der Waals surface area (Å²) in [6.07, 6.45) is 6.86. The SMILES string of the molecule is O=C(NNC(=S)NC1C2CC3CC(C2)CC1C3)c1ccccc1. The Morgan fingerprint density at radius 2 is 1.52 bits per heavy atom. The maximum absolute atomic E-state index is 12.0. The van der Waals surface area contributed by atoms with Gasteiger partial charge in [0.15, 0.2) is 5.11 Å². The number of amides is 1. The maximum atomic E-state index is 12.0. The first kappa shape index (κ1) is 14.9. The molecule has 1 aromatic rings. The van der Waals surface area contributed by atoms with E-state index in [1.807, 2.05) is 18.2 Å². The summed E-state index contributed by atoms with van der Waals surface area (Å²) in [4.78, 5) is 12.0. The predicted octanol–water partition coefficient (Wildman–Crippen LogP) is 2.62. The normalized spacial score (nSPS) is 34.0. The van der Waals surface area contributed by atoms with Gasteiger partial charge < -0.3 is 5.32 Å². The third-order valence-corrected chi connectivity index (χ3v) is 6.07. The van der Waals surface area contributed by atoms with Crippen LogP contribution in [0.3, 0.4) is 0 Å². The van der Waals surface area contributed by atoms with Gasteiger partial charge in [0.05, 0.1) is 0 Å². The molecule has 0 atom stereocenters. The number of hydrogen-bond acceptors (Lipinski definition) is 2. The van der Waals surface area contributed by atoms with Crippen molar-refractivity contribution >= 4 is 23.2 Å². The molecule has 0 radical (unpaired) electrons. The van der Waals surface area contributed by atoms with Crippen LogP contribution in [0, 0.1) is 23.7 Å². The molecular weight excluding hydrogens is 306 g/mol. The Kier molecular flexibility index (Phi) is 3.97. The van der Waals surface area contributed by atoms with E-state index in [9.17, 15) is 4.79 Å². The topological polar surface area (TPSA) is 53.2 Å². The second-order valence-electron chi connectivity index (χ2n) is 7.38. The third kappa shape index (κ3) is 3.07. The van der Waals surface area contributed by atoms with Crippen molar-refractivity contribution in [1.29, 1.82) is 0 Å². The molecule has 0 aromatic heterocycles. The standard InChI is InChI=1S/C18H23N3OS/c22-17(13-4-2-1-3-5-13)20-21-18(23)19-16-14-7-11-6-12(9-14)10-15(16)8-11/h1-5,11-12,14-16H,6-10H2,(H,20,22)(H2,19,21,23). The average molecular weight is 329 g/mol. The summed E-state index contributed by atoms with van der Waals surface area (Å²) in [5.41, 5.74) is 6.16. The van der Waals surface area contributed by atoms with Crippen molar-refractivity contribution in [2.75, 3.05) is 0 Å². The van der Waals surface area contributed by atoms with Gasteiger partial charge in [0.1, 0.15) is 0 Å². The van der Waals surface area contributed by atoms with Gasteiger partial charge in [-0.05, 0) is 80.1 Å². The van der Waals surface area contributed by atoms with Gasteiger partial charge in [-0.2, -0.15) is 0 Å². The average Bonchev–Trinajstić information content (AvgIpc) is 2.56. The molecule has 4 bridgehead atoms. The number of carbonyl (C=O) groups excluding carboxylic acids is 1. The molecule has 4 saturated carbocycles. The van der Waals surface area contributed by atoms with Gasteiger partial charge >= 0.3 is 0 Å². The highest BCUT2D eigenvalue weighted by molar-refractivity contribution is 7.80. The predicted molar refractivity (Wildman–Crippen MR) is 93.6 cm³/mol. The van der Waals surface area contributed by atoms with Crippen molar-refractivity contribution in [2.45, 2.75) is 38.1 Å². The Balaban J connectivity index is 1.30. The zero-order chi connectivity index (χ0) is 15.8. The van der Waals surface area contributed by atoms with Crippen LogP contribution in [0.2, 0.25) is 0 Å². The van der Waals surface area contributed by atoms with Gasteiger partial charge in [0.25, 0.3) is 5.91 Å². The Hall–Kier alpha value is -1.62. The monoisotopic (exact) mass is 329 g/mol. The van der Waals surface area contributed by atoms with Crippen LogP contribution in [-0.2, 0) is 0 Å². The highest BCUT2D eigenvalue weighted by Crippen LogP contribution is 2.53. The number of carbonyl (C=O) groups is 1. The van der Waals surface area contributed by atoms with Gasteiger partial charge in [0.2, 0.25) is 0 Å². The first-order valence-electron chi connectivity index (χ1n) is 8.61. The highest BCUT2D eigenvalue weighted by atomic mass is 32.1. The molecule has 0 aliphatic heterocycles. The fraction of sp³-hybridized carbons (Fsp3) is 0.556. The number of benzene rings is 1. The Morgan fingerprint density at radius 1 is 0.913 bits per heavy atom. The fourth-order valence-electron chi connectivity index (χ4n) is 5.12. The molecule has 23 heavy (non-hydrogen) atoms. The van der Waals surface area contributed by atoms with E-state index in [0.29, 0.717) is 16.7 Å². The van der Waals surface area contributed by atoms with E-state index in [1.165, 1.54) is 32.1 Å². The highest BCUT2D eigenvalue weighted by Gasteiger charge is 2.48. The molecule has 1 amide bonds. The second-order valence-corrected chi connectivity index (χ2v) is 7.78. The lowest BCUT2D eigenvalue weighted by atomic mass is 9.54. The van der Waals surface area contributed by atoms with E-state index in [1.54, 1.807) is 12.1 Å². The molecule has 5 rings (SSSR count). The molecule has 1 aromatic carbocycles. The number of hydrogen-bond donors (Lipinski definition) is 3. The van der Waals surface area contributed by atoms with Gasteiger partial charge in [-0.15, -0.1) is 0 Å². The molecule has 4 nitrogen and oxygen atoms in total. The first-order chi connectivity index (χ1) is 11.2. The van der Waals surface area contributed by atoms with Gasteiger partial charge in [-0.1, -0.05) is 18.2 Å². The van der Waals surface area contributed by atoms with Crippen molar-refractivity contribution in [3.8, 4) is 0 Å². The Morgan fingerprint density at radius 3 is 2.13 bits per heavy atom. The molecule has 3 N–H and O–H groups in total. The molecule has 4 aliphatic rings. The minimum Gasteiger partial charge on any atom is -0.358 e. The first-order valence-corrected chi connectivity index (χ1v) is 9.02. The van der Waals surface area contributed by atoms with E-state index in [2.05, 4.69) is 16.2 Å². The van der Waals surface area contributed by atoms with Crippen LogP contribution >= 0.6 is 12.2 Å². The molecule has 0 saturated heterocycles. The molecule has 0 spiro atoms. The van der Waals surface area contributed by atoms with E-state index < -0.39 is 0 Å². The van der Waals surface area contributed by atoms with E-state index in [4.69, 9.17) is 12.2 Å². The lowest BCUT2D eigenvalue weighted by molar-refractivity contribution is -0.00699. The van der Waals surface area contributed by atoms with Crippen LogP contribution in [0.25, 0.3) is 0 Å². The molecule has 122 valence electrons. The minimum absolute atomic E-state index is 0.167. The number of hydrazine groups is 1. The van der Waals surface area contributed by atoms with Crippen molar-refractivity contribution < 1.29 is 4.79 Å². The quantitative estimate of drug-likeness (QED) is 0.577. The van der Waals surface area contributed by atoms with Crippen LogP contribution in [0.5, 0.6) is 0 Å². The number of thiocarbonyl (C=S) groups is 1. The van der Waals surface area contributed by atoms with E-state index in [0.717, 1.165) is 23.7 Å². The van der Waals surface area contributed by atoms with Crippen LogP contribution < -0.4 is 16.2 Å². The molecule has 4 fully saturated rings. The Labute approximate surface area is 142 Å². The molecule has 0 unspecified atom stereocenters. The van der Waals surface area contributed by atoms with Crippen LogP contribution in [0.1, 0.15) is 42.5 Å². The van der Waals surface area contributed by atoms with Crippen molar-refractivity contribution in [3.63, 3.8) is 0 Å². The zero-order valence-electron chi connectivity index (χ0n) is 13.1. The zero-order valence-corrected chi connectivity index (χ0v) is 13.9. The third-order valence-electron chi connectivity index (χ3n) is 5.85. The van der Waals surface area contributed by atoms with Crippen LogP contribution in [-0.4, -0.2) is 17.1 Å². The summed E-state index contributed by atoms with van der Waals surface area (Å²) in [7, 11) is 0. The summed E-state index contributed by atoms with van der Waals surface area (Å²) in [6.45, 7) is 0. The largest absolute Gasteiger partial charge is 0.358 e. The van der Waals surface area contributed by atoms with Crippen molar-refractivity contribution in [3.05, 3.63) is 35.9 Å². The van der Waals surface area contributed by atoms with Crippen LogP contribution in [0.4, 0.5) is 0 Å². The molecular formula is C18H23N3OS. The van der Waals surface area contributed by atoms with E-state index in [-0.39, 0.29) is 5.91 Å². The summed E-state index contributed by atoms with van der Waals surface area (Å²) in [5.74, 6) is 3.26. The number of nitrogens with one attached hydrogen (secondary N) is 3. The number of rotatable bonds is 2. The van der Waals surface area contributed by atoms with E-state index >= 15 is 0 Å². The lowest BCUT2D eigenvalue weighted by Gasteiger charge is -2.54. The van der Waals surface area contributed by atoms with Crippen molar-refractivity contribution in [1.82, 2.24) is 16.2 Å². The fourth-order valence-corrected chi connectivity index (χ4v) is 5.31. The molecule has 4 aliphatic carbocycles. The summed E-state index contributed by atoms with van der Waals surface area (Å²) in [5, 5.41) is 4.01. The van der Waals surface area contributed by atoms with Gasteiger partial charge in [-0.25, -0.2) is 0 Å². The summed E-state index contributed by atoms with van der Waals surface area (Å²) >= 11 is 5.38. The van der Waals surface area contributed by atoms with Gasteiger partial charge in [0, 0.05) is 11.6 Å².